The molecule has 9 nitrogen and oxygen atoms in total. The highest BCUT2D eigenvalue weighted by Crippen LogP contribution is 2.28. The second-order valence-electron chi connectivity index (χ2n) is 7.77. The first-order chi connectivity index (χ1) is 15.0. The molecule has 2 aromatic rings. The summed E-state index contributed by atoms with van der Waals surface area (Å²) in [6, 6.07) is 14.0. The number of carbonyl (C=O) groups excluding carboxylic acids is 2. The predicted molar refractivity (Wildman–Crippen MR) is 117 cm³/mol. The summed E-state index contributed by atoms with van der Waals surface area (Å²) < 4.78 is 0. The van der Waals surface area contributed by atoms with Gasteiger partial charge in [0.2, 0.25) is 5.91 Å². The number of urea groups is 1. The minimum absolute atomic E-state index is 0.0797. The SMILES string of the molecule is O=C1CCCN1Cc1ccc(NC(=O)N2CCN(c3ccccc3[N+](=O)[O-])CC2)cc1. The maximum absolute atomic E-state index is 12.6. The molecule has 9 heteroatoms. The Labute approximate surface area is 180 Å². The molecule has 2 aliphatic heterocycles. The minimum Gasteiger partial charge on any atom is -0.362 e. The number of hydrogen-bond donors (Lipinski definition) is 1. The Morgan fingerprint density at radius 2 is 1.71 bits per heavy atom. The van der Waals surface area contributed by atoms with Gasteiger partial charge in [-0.1, -0.05) is 24.3 Å². The van der Waals surface area contributed by atoms with Gasteiger partial charge in [-0.3, -0.25) is 14.9 Å². The predicted octanol–water partition coefficient (Wildman–Crippen LogP) is 3.07. The summed E-state index contributed by atoms with van der Waals surface area (Å²) in [7, 11) is 0. The molecule has 0 spiro atoms. The van der Waals surface area contributed by atoms with Crippen molar-refractivity contribution in [3.63, 3.8) is 0 Å². The van der Waals surface area contributed by atoms with Gasteiger partial charge < -0.3 is 20.0 Å². The van der Waals surface area contributed by atoms with Crippen molar-refractivity contribution in [1.82, 2.24) is 9.80 Å². The highest BCUT2D eigenvalue weighted by atomic mass is 16.6. The average molecular weight is 423 g/mol. The summed E-state index contributed by atoms with van der Waals surface area (Å²) in [6.07, 6.45) is 1.54. The second-order valence-corrected chi connectivity index (χ2v) is 7.77. The van der Waals surface area contributed by atoms with Gasteiger partial charge in [-0.2, -0.15) is 0 Å². The monoisotopic (exact) mass is 423 g/mol. The number of nitrogens with zero attached hydrogens (tertiary/aromatic N) is 4. The van der Waals surface area contributed by atoms with Crippen molar-refractivity contribution in [3.05, 3.63) is 64.2 Å². The van der Waals surface area contributed by atoms with Gasteiger partial charge in [-0.25, -0.2) is 4.79 Å². The summed E-state index contributed by atoms with van der Waals surface area (Å²) >= 11 is 0. The molecule has 4 rings (SSSR count). The number of anilines is 2. The molecule has 0 radical (unpaired) electrons. The third-order valence-corrected chi connectivity index (χ3v) is 5.74. The zero-order valence-corrected chi connectivity index (χ0v) is 17.2. The van der Waals surface area contributed by atoms with E-state index in [1.807, 2.05) is 34.1 Å². The third kappa shape index (κ3) is 4.76. The molecule has 162 valence electrons. The van der Waals surface area contributed by atoms with E-state index in [1.165, 1.54) is 6.07 Å². The lowest BCUT2D eigenvalue weighted by molar-refractivity contribution is -0.384. The van der Waals surface area contributed by atoms with Crippen LogP contribution in [0.2, 0.25) is 0 Å². The molecular weight excluding hydrogens is 398 g/mol. The molecule has 2 aromatic carbocycles. The van der Waals surface area contributed by atoms with Crippen molar-refractivity contribution in [2.24, 2.45) is 0 Å². The summed E-state index contributed by atoms with van der Waals surface area (Å²) in [6.45, 7) is 3.41. The largest absolute Gasteiger partial charge is 0.362 e. The topological polar surface area (TPSA) is 99.0 Å². The lowest BCUT2D eigenvalue weighted by Gasteiger charge is -2.35. The van der Waals surface area contributed by atoms with Gasteiger partial charge in [0.15, 0.2) is 0 Å². The highest BCUT2D eigenvalue weighted by molar-refractivity contribution is 5.89. The number of amides is 3. The van der Waals surface area contributed by atoms with Crippen molar-refractivity contribution >= 4 is 29.0 Å². The third-order valence-electron chi connectivity index (χ3n) is 5.74. The van der Waals surface area contributed by atoms with Gasteiger partial charge >= 0.3 is 6.03 Å². The molecule has 0 bridgehead atoms. The number of benzene rings is 2. The van der Waals surface area contributed by atoms with E-state index in [2.05, 4.69) is 5.32 Å². The standard InChI is InChI=1S/C22H25N5O4/c28-21-6-3-11-26(21)16-17-7-9-18(10-8-17)23-22(29)25-14-12-24(13-15-25)19-4-1-2-5-20(19)27(30)31/h1-2,4-5,7-10H,3,6,11-16H2,(H,23,29). The molecule has 0 atom stereocenters. The number of nitrogens with one attached hydrogen (secondary N) is 1. The van der Waals surface area contributed by atoms with Crippen molar-refractivity contribution in [2.45, 2.75) is 19.4 Å². The molecule has 0 aromatic heterocycles. The molecule has 3 amide bonds. The highest BCUT2D eigenvalue weighted by Gasteiger charge is 2.25. The van der Waals surface area contributed by atoms with E-state index in [0.717, 1.165) is 18.5 Å². The minimum atomic E-state index is -0.377. The van der Waals surface area contributed by atoms with E-state index >= 15 is 0 Å². The van der Waals surface area contributed by atoms with Gasteiger partial charge in [0.25, 0.3) is 5.69 Å². The van der Waals surface area contributed by atoms with E-state index in [-0.39, 0.29) is 22.5 Å². The Hall–Kier alpha value is -3.62. The average Bonchev–Trinajstić information content (AvgIpc) is 3.19. The number of carbonyl (C=O) groups is 2. The van der Waals surface area contributed by atoms with Gasteiger partial charge in [0.05, 0.1) is 4.92 Å². The maximum atomic E-state index is 12.6. The fraction of sp³-hybridized carbons (Fsp3) is 0.364. The molecule has 0 unspecified atom stereocenters. The molecule has 2 fully saturated rings. The molecule has 1 N–H and O–H groups in total. The molecule has 0 aliphatic carbocycles. The van der Waals surface area contributed by atoms with Crippen LogP contribution in [0.1, 0.15) is 18.4 Å². The second kappa shape index (κ2) is 9.03. The van der Waals surface area contributed by atoms with Crippen molar-refractivity contribution in [3.8, 4) is 0 Å². The fourth-order valence-corrected chi connectivity index (χ4v) is 4.02. The zero-order chi connectivity index (χ0) is 21.8. The van der Waals surface area contributed by atoms with Crippen molar-refractivity contribution in [2.75, 3.05) is 42.9 Å². The molecule has 0 saturated carbocycles. The fourth-order valence-electron chi connectivity index (χ4n) is 4.02. The van der Waals surface area contributed by atoms with Gasteiger partial charge in [0.1, 0.15) is 5.69 Å². The summed E-state index contributed by atoms with van der Waals surface area (Å²) in [5.74, 6) is 0.192. The Morgan fingerprint density at radius 1 is 1.00 bits per heavy atom. The summed E-state index contributed by atoms with van der Waals surface area (Å²) in [5.41, 5.74) is 2.39. The normalized spacial score (nSPS) is 16.5. The molecular formula is C22H25N5O4. The molecule has 2 heterocycles. The Morgan fingerprint density at radius 3 is 2.35 bits per heavy atom. The first-order valence-corrected chi connectivity index (χ1v) is 10.4. The van der Waals surface area contributed by atoms with Crippen LogP contribution in [0.25, 0.3) is 0 Å². The zero-order valence-electron chi connectivity index (χ0n) is 17.2. The van der Waals surface area contributed by atoms with Crippen LogP contribution < -0.4 is 10.2 Å². The van der Waals surface area contributed by atoms with E-state index in [4.69, 9.17) is 0 Å². The van der Waals surface area contributed by atoms with Crippen LogP contribution >= 0.6 is 0 Å². The maximum Gasteiger partial charge on any atom is 0.321 e. The van der Waals surface area contributed by atoms with Crippen LogP contribution in [0.5, 0.6) is 0 Å². The summed E-state index contributed by atoms with van der Waals surface area (Å²) in [5, 5.41) is 14.2. The van der Waals surface area contributed by atoms with E-state index in [1.54, 1.807) is 23.1 Å². The van der Waals surface area contributed by atoms with Crippen LogP contribution in [-0.4, -0.2) is 59.4 Å². The molecule has 2 aliphatic rings. The Balaban J connectivity index is 1.30. The van der Waals surface area contributed by atoms with Crippen LogP contribution in [0, 0.1) is 10.1 Å². The van der Waals surface area contributed by atoms with Gasteiger partial charge in [-0.05, 0) is 30.2 Å². The Kier molecular flexibility index (Phi) is 6.01. The molecule has 31 heavy (non-hydrogen) atoms. The van der Waals surface area contributed by atoms with E-state index in [0.29, 0.717) is 50.5 Å². The number of likely N-dealkylation sites (tertiary alicyclic amines) is 1. The lowest BCUT2D eigenvalue weighted by atomic mass is 10.2. The smallest absolute Gasteiger partial charge is 0.321 e. The van der Waals surface area contributed by atoms with Crippen LogP contribution in [-0.2, 0) is 11.3 Å². The number of piperazine rings is 1. The number of nitro benzene ring substituents is 1. The number of nitro groups is 1. The van der Waals surface area contributed by atoms with Crippen molar-refractivity contribution < 1.29 is 14.5 Å². The van der Waals surface area contributed by atoms with Crippen LogP contribution in [0.15, 0.2) is 48.5 Å². The van der Waals surface area contributed by atoms with E-state index < -0.39 is 0 Å². The van der Waals surface area contributed by atoms with Gasteiger partial charge in [0, 0.05) is 57.4 Å². The van der Waals surface area contributed by atoms with Gasteiger partial charge in [-0.15, -0.1) is 0 Å². The van der Waals surface area contributed by atoms with Crippen molar-refractivity contribution in [1.29, 1.82) is 0 Å². The first kappa shape index (κ1) is 20.6. The quantitative estimate of drug-likeness (QED) is 0.589. The number of rotatable bonds is 5. The number of para-hydroxylation sites is 2. The Bertz CT molecular complexity index is 970. The molecule has 2 saturated heterocycles. The first-order valence-electron chi connectivity index (χ1n) is 10.4. The van der Waals surface area contributed by atoms with E-state index in [9.17, 15) is 19.7 Å². The lowest BCUT2D eigenvalue weighted by Crippen LogP contribution is -2.50. The van der Waals surface area contributed by atoms with Crippen LogP contribution in [0.3, 0.4) is 0 Å². The summed E-state index contributed by atoms with van der Waals surface area (Å²) in [4.78, 5) is 40.8. The van der Waals surface area contributed by atoms with Crippen LogP contribution in [0.4, 0.5) is 21.9 Å². The number of hydrogen-bond acceptors (Lipinski definition) is 5.